The standard InChI is InChI=1S/C14H10O2S/c15-17(16,10-11-4-2-1-3-5-11)14-7-6-12-8-13(12)9-14/h1-7,9H,10H2. The van der Waals surface area contributed by atoms with E-state index in [9.17, 15) is 8.42 Å². The van der Waals surface area contributed by atoms with E-state index >= 15 is 0 Å². The van der Waals surface area contributed by atoms with Crippen molar-refractivity contribution < 1.29 is 8.42 Å². The van der Waals surface area contributed by atoms with E-state index in [4.69, 9.17) is 0 Å². The quantitative estimate of drug-likeness (QED) is 0.678. The smallest absolute Gasteiger partial charge is 0.182 e. The molecular weight excluding hydrogens is 232 g/mol. The van der Waals surface area contributed by atoms with Gasteiger partial charge in [0, 0.05) is 10.4 Å². The van der Waals surface area contributed by atoms with Crippen molar-refractivity contribution in [1.29, 1.82) is 0 Å². The van der Waals surface area contributed by atoms with E-state index in [2.05, 4.69) is 5.73 Å². The summed E-state index contributed by atoms with van der Waals surface area (Å²) in [5.41, 5.74) is 3.81. The first kappa shape index (κ1) is 10.3. The first-order valence-corrected chi connectivity index (χ1v) is 6.98. The van der Waals surface area contributed by atoms with Gasteiger partial charge in [-0.1, -0.05) is 30.3 Å². The van der Waals surface area contributed by atoms with Crippen LogP contribution in [0.15, 0.2) is 53.4 Å². The molecule has 2 nitrogen and oxygen atoms in total. The van der Waals surface area contributed by atoms with Gasteiger partial charge in [-0.05, 0) is 23.8 Å². The molecule has 0 fully saturated rings. The Balaban J connectivity index is 1.95. The minimum absolute atomic E-state index is 0.0482. The van der Waals surface area contributed by atoms with Crippen molar-refractivity contribution in [3.8, 4) is 0 Å². The van der Waals surface area contributed by atoms with Crippen LogP contribution in [0.4, 0.5) is 0 Å². The highest BCUT2D eigenvalue weighted by atomic mass is 32.2. The zero-order valence-corrected chi connectivity index (χ0v) is 9.87. The predicted octanol–water partition coefficient (Wildman–Crippen LogP) is 0.725. The van der Waals surface area contributed by atoms with Crippen molar-refractivity contribution in [3.63, 3.8) is 0 Å². The van der Waals surface area contributed by atoms with Gasteiger partial charge in [-0.25, -0.2) is 8.42 Å². The molecule has 0 aliphatic heterocycles. The lowest BCUT2D eigenvalue weighted by atomic mass is 10.2. The molecule has 0 unspecified atom stereocenters. The average molecular weight is 242 g/mol. The summed E-state index contributed by atoms with van der Waals surface area (Å²) < 4.78 is 24.3. The van der Waals surface area contributed by atoms with E-state index in [0.29, 0.717) is 4.90 Å². The van der Waals surface area contributed by atoms with Crippen molar-refractivity contribution in [1.82, 2.24) is 0 Å². The van der Waals surface area contributed by atoms with Gasteiger partial charge in [0.25, 0.3) is 0 Å². The minimum Gasteiger partial charge on any atom is -0.223 e. The van der Waals surface area contributed by atoms with Gasteiger partial charge in [0.15, 0.2) is 9.84 Å². The molecule has 3 heteroatoms. The Hall–Kier alpha value is -1.83. The molecule has 84 valence electrons. The second-order valence-electron chi connectivity index (χ2n) is 4.08. The summed E-state index contributed by atoms with van der Waals surface area (Å²) in [6.45, 7) is 0. The van der Waals surface area contributed by atoms with Crippen LogP contribution in [0.1, 0.15) is 5.56 Å². The van der Waals surface area contributed by atoms with E-state index in [1.54, 1.807) is 18.2 Å². The lowest BCUT2D eigenvalue weighted by molar-refractivity contribution is 0.595. The fourth-order valence-electron chi connectivity index (χ4n) is 1.79. The summed E-state index contributed by atoms with van der Waals surface area (Å²) in [6, 6.07) is 14.4. The second-order valence-corrected chi connectivity index (χ2v) is 6.07. The summed E-state index contributed by atoms with van der Waals surface area (Å²) >= 11 is 0. The van der Waals surface area contributed by atoms with Crippen LogP contribution in [-0.4, -0.2) is 8.42 Å². The van der Waals surface area contributed by atoms with Gasteiger partial charge >= 0.3 is 0 Å². The zero-order valence-electron chi connectivity index (χ0n) is 9.05. The van der Waals surface area contributed by atoms with E-state index < -0.39 is 9.84 Å². The van der Waals surface area contributed by atoms with Crippen LogP contribution in [0.2, 0.25) is 0 Å². The van der Waals surface area contributed by atoms with Crippen LogP contribution in [0.25, 0.3) is 5.73 Å². The predicted molar refractivity (Wildman–Crippen MR) is 65.5 cm³/mol. The number of rotatable bonds is 3. The maximum atomic E-state index is 12.1. The zero-order chi connectivity index (χ0) is 11.9. The van der Waals surface area contributed by atoms with E-state index in [0.717, 1.165) is 16.0 Å². The molecule has 3 rings (SSSR count). The van der Waals surface area contributed by atoms with Gasteiger partial charge in [-0.2, -0.15) is 0 Å². The van der Waals surface area contributed by atoms with Crippen LogP contribution in [0, 0.1) is 0 Å². The van der Waals surface area contributed by atoms with Crippen LogP contribution < -0.4 is 10.4 Å². The largest absolute Gasteiger partial charge is 0.223 e. The molecule has 0 spiro atoms. The normalized spacial score (nSPS) is 12.2. The maximum Gasteiger partial charge on any atom is 0.182 e. The van der Waals surface area contributed by atoms with Gasteiger partial charge in [0.05, 0.1) is 10.6 Å². The summed E-state index contributed by atoms with van der Waals surface area (Å²) in [4.78, 5) is 0.380. The van der Waals surface area contributed by atoms with Gasteiger partial charge in [0.2, 0.25) is 0 Å². The van der Waals surface area contributed by atoms with Crippen LogP contribution in [-0.2, 0) is 15.6 Å². The van der Waals surface area contributed by atoms with Crippen molar-refractivity contribution in [2.75, 3.05) is 0 Å². The summed E-state index contributed by atoms with van der Waals surface area (Å²) in [5.74, 6) is 0.0482. The molecule has 0 amide bonds. The molecule has 2 aromatic carbocycles. The van der Waals surface area contributed by atoms with Crippen molar-refractivity contribution >= 4 is 15.6 Å². The molecule has 0 heterocycles. The van der Waals surface area contributed by atoms with E-state index in [1.165, 1.54) is 0 Å². The summed E-state index contributed by atoms with van der Waals surface area (Å²) in [5, 5.41) is 1.93. The second kappa shape index (κ2) is 3.59. The number of sulfone groups is 1. The maximum absolute atomic E-state index is 12.1. The number of fused-ring (bicyclic) bond motifs is 1. The third-order valence-corrected chi connectivity index (χ3v) is 4.44. The molecule has 1 aliphatic rings. The van der Waals surface area contributed by atoms with Crippen molar-refractivity contribution in [2.24, 2.45) is 0 Å². The molecule has 0 bridgehead atoms. The van der Waals surface area contributed by atoms with Crippen molar-refractivity contribution in [2.45, 2.75) is 10.6 Å². The minimum atomic E-state index is -3.24. The first-order valence-electron chi connectivity index (χ1n) is 5.33. The molecule has 0 N–H and O–H groups in total. The topological polar surface area (TPSA) is 34.1 Å². The SMILES string of the molecule is O=S(=O)(Cc1ccccc1)c1ccc2c(c1)=C=2. The van der Waals surface area contributed by atoms with Gasteiger partial charge in [0.1, 0.15) is 0 Å². The highest BCUT2D eigenvalue weighted by Crippen LogP contribution is 2.14. The molecule has 0 saturated carbocycles. The van der Waals surface area contributed by atoms with Crippen LogP contribution in [0.5, 0.6) is 0 Å². The summed E-state index contributed by atoms with van der Waals surface area (Å²) in [6.07, 6.45) is 0. The molecule has 0 aromatic heterocycles. The Morgan fingerprint density at radius 3 is 2.41 bits per heavy atom. The third kappa shape index (κ3) is 2.03. The number of benzene rings is 2. The molecule has 2 aromatic rings. The third-order valence-electron chi connectivity index (χ3n) is 2.76. The molecule has 0 atom stereocenters. The Morgan fingerprint density at radius 2 is 1.71 bits per heavy atom. The molecule has 0 radical (unpaired) electrons. The van der Waals surface area contributed by atoms with Gasteiger partial charge < -0.3 is 0 Å². The molecule has 0 saturated heterocycles. The van der Waals surface area contributed by atoms with Crippen LogP contribution in [0.3, 0.4) is 0 Å². The fraction of sp³-hybridized carbons (Fsp3) is 0.0714. The first-order chi connectivity index (χ1) is 8.15. The Morgan fingerprint density at radius 1 is 0.941 bits per heavy atom. The Labute approximate surface area is 99.5 Å². The average Bonchev–Trinajstić information content (AvgIpc) is 3.07. The van der Waals surface area contributed by atoms with Gasteiger partial charge in [-0.3, -0.25) is 0 Å². The Bertz CT molecular complexity index is 799. The highest BCUT2D eigenvalue weighted by molar-refractivity contribution is 7.90. The van der Waals surface area contributed by atoms with E-state index in [1.807, 2.05) is 30.3 Å². The monoisotopic (exact) mass is 242 g/mol. The highest BCUT2D eigenvalue weighted by Gasteiger charge is 2.16. The number of hydrogen-bond donors (Lipinski definition) is 0. The van der Waals surface area contributed by atoms with E-state index in [-0.39, 0.29) is 5.75 Å². The van der Waals surface area contributed by atoms with Crippen molar-refractivity contribution in [3.05, 3.63) is 64.5 Å². The summed E-state index contributed by atoms with van der Waals surface area (Å²) in [7, 11) is -3.24. The Kier molecular flexibility index (Phi) is 2.18. The van der Waals surface area contributed by atoms with Crippen LogP contribution >= 0.6 is 0 Å². The fourth-order valence-corrected chi connectivity index (χ4v) is 3.16. The van der Waals surface area contributed by atoms with Gasteiger partial charge in [-0.15, -0.1) is 5.73 Å². The molecule has 17 heavy (non-hydrogen) atoms. The number of hydrogen-bond acceptors (Lipinski definition) is 2. The lowest BCUT2D eigenvalue weighted by Crippen LogP contribution is -2.12. The molecule has 1 aliphatic carbocycles. The molecular formula is C14H10O2S. The lowest BCUT2D eigenvalue weighted by Gasteiger charge is -2.03.